The lowest BCUT2D eigenvalue weighted by atomic mass is 9.95. The average molecular weight is 588 g/mol. The van der Waals surface area contributed by atoms with E-state index in [9.17, 15) is 23.2 Å². The summed E-state index contributed by atoms with van der Waals surface area (Å²) in [5, 5.41) is 10.2. The van der Waals surface area contributed by atoms with Crippen molar-refractivity contribution in [3.05, 3.63) is 57.3 Å². The number of anilines is 1. The van der Waals surface area contributed by atoms with Gasteiger partial charge in [0.15, 0.2) is 0 Å². The fourth-order valence-electron chi connectivity index (χ4n) is 5.30. The summed E-state index contributed by atoms with van der Waals surface area (Å²) in [4.78, 5) is 20.1. The summed E-state index contributed by atoms with van der Waals surface area (Å²) in [6.45, 7) is 7.79. The molecule has 13 heteroatoms. The van der Waals surface area contributed by atoms with E-state index in [0.717, 1.165) is 23.7 Å². The van der Waals surface area contributed by atoms with Gasteiger partial charge in [0.25, 0.3) is 5.91 Å². The van der Waals surface area contributed by atoms with Crippen LogP contribution in [0.4, 0.5) is 19.0 Å². The van der Waals surface area contributed by atoms with Crippen LogP contribution in [0.25, 0.3) is 11.0 Å². The summed E-state index contributed by atoms with van der Waals surface area (Å²) in [6, 6.07) is 5.83. The molecule has 0 unspecified atom stereocenters. The SMILES string of the molecule is CN(C(=O)c1c(C#N)c2nc(N)c3c(c2n1COCC[Si](C)(C)C)COC3)[C@@H]1COCc2cc(C(F)(F)F)ccc21. The van der Waals surface area contributed by atoms with E-state index in [0.29, 0.717) is 28.8 Å². The van der Waals surface area contributed by atoms with Crippen molar-refractivity contribution in [3.63, 3.8) is 0 Å². The van der Waals surface area contributed by atoms with E-state index >= 15 is 0 Å². The molecule has 0 bridgehead atoms. The van der Waals surface area contributed by atoms with Gasteiger partial charge >= 0.3 is 6.18 Å². The van der Waals surface area contributed by atoms with Gasteiger partial charge in [-0.1, -0.05) is 25.7 Å². The van der Waals surface area contributed by atoms with Gasteiger partial charge in [-0.05, 0) is 29.3 Å². The molecule has 2 aliphatic rings. The number of aromatic nitrogens is 2. The van der Waals surface area contributed by atoms with Crippen LogP contribution < -0.4 is 5.73 Å². The molecule has 0 saturated heterocycles. The number of nitrogens with two attached hydrogens (primary N) is 1. The van der Waals surface area contributed by atoms with Crippen molar-refractivity contribution in [2.45, 2.75) is 64.5 Å². The van der Waals surface area contributed by atoms with Crippen molar-refractivity contribution in [2.75, 3.05) is 26.0 Å². The summed E-state index contributed by atoms with van der Waals surface area (Å²) in [7, 11) is 0.154. The number of benzene rings is 1. The maximum absolute atomic E-state index is 14.2. The van der Waals surface area contributed by atoms with Crippen LogP contribution in [0.2, 0.25) is 25.7 Å². The topological polar surface area (TPSA) is 116 Å². The number of nitrogen functional groups attached to an aromatic ring is 1. The number of ether oxygens (including phenoxy) is 3. The minimum atomic E-state index is -4.50. The second-order valence-electron chi connectivity index (χ2n) is 11.6. The predicted molar refractivity (Wildman–Crippen MR) is 147 cm³/mol. The predicted octanol–water partition coefficient (Wildman–Crippen LogP) is 5.19. The lowest BCUT2D eigenvalue weighted by Gasteiger charge is -2.33. The molecule has 218 valence electrons. The van der Waals surface area contributed by atoms with Crippen LogP contribution in [0.3, 0.4) is 0 Å². The zero-order valence-corrected chi connectivity index (χ0v) is 24.4. The number of hydrogen-bond donors (Lipinski definition) is 1. The van der Waals surface area contributed by atoms with Crippen LogP contribution in [0.5, 0.6) is 0 Å². The van der Waals surface area contributed by atoms with E-state index in [1.165, 1.54) is 11.0 Å². The fraction of sp³-hybridized carbons (Fsp3) is 0.464. The third-order valence-electron chi connectivity index (χ3n) is 7.60. The number of fused-ring (bicyclic) bond motifs is 4. The molecule has 3 aromatic rings. The molecule has 0 aliphatic carbocycles. The molecular weight excluding hydrogens is 555 g/mol. The Balaban J connectivity index is 1.58. The number of halogens is 3. The summed E-state index contributed by atoms with van der Waals surface area (Å²) in [5.41, 5.74) is 8.79. The third-order valence-corrected chi connectivity index (χ3v) is 9.31. The molecule has 5 rings (SSSR count). The molecule has 9 nitrogen and oxygen atoms in total. The first-order valence-electron chi connectivity index (χ1n) is 13.3. The Hall–Kier alpha value is -3.44. The smallest absolute Gasteiger partial charge is 0.383 e. The highest BCUT2D eigenvalue weighted by molar-refractivity contribution is 6.76. The minimum absolute atomic E-state index is 0.00174. The number of carbonyl (C=O) groups is 1. The molecule has 1 amide bonds. The Bertz CT molecular complexity index is 1560. The van der Waals surface area contributed by atoms with E-state index in [1.54, 1.807) is 11.6 Å². The highest BCUT2D eigenvalue weighted by Crippen LogP contribution is 2.38. The van der Waals surface area contributed by atoms with Crippen molar-refractivity contribution >= 4 is 30.8 Å². The van der Waals surface area contributed by atoms with Crippen LogP contribution in [0.15, 0.2) is 18.2 Å². The van der Waals surface area contributed by atoms with Gasteiger partial charge in [0.05, 0.1) is 43.5 Å². The summed E-state index contributed by atoms with van der Waals surface area (Å²) in [6.07, 6.45) is -4.50. The molecule has 0 spiro atoms. The van der Waals surface area contributed by atoms with Crippen molar-refractivity contribution in [2.24, 2.45) is 0 Å². The molecule has 41 heavy (non-hydrogen) atoms. The van der Waals surface area contributed by atoms with Crippen molar-refractivity contribution in [3.8, 4) is 6.07 Å². The van der Waals surface area contributed by atoms with Gasteiger partial charge in [-0.2, -0.15) is 18.4 Å². The standard InChI is InChI=1S/C28H32F3N5O4Si/c1-35(22-14-39-11-16-9-17(28(29,30)31)5-6-18(16)22)27(37)25-19(10-32)23-24(20-12-40-13-21(20)26(33)34-23)36(25)15-38-7-8-41(2,3)4/h5-6,9,22H,7-8,11-15H2,1-4H3,(H2,33,34)/t22-/m1/s1. The first kappa shape index (κ1) is 29.1. The Morgan fingerprint density at radius 2 is 1.98 bits per heavy atom. The third kappa shape index (κ3) is 5.44. The number of nitrogens with zero attached hydrogens (tertiary/aromatic N) is 4. The zero-order valence-electron chi connectivity index (χ0n) is 23.4. The van der Waals surface area contributed by atoms with Gasteiger partial charge in [0, 0.05) is 32.9 Å². The average Bonchev–Trinajstić information content (AvgIpc) is 3.51. The highest BCUT2D eigenvalue weighted by Gasteiger charge is 2.37. The lowest BCUT2D eigenvalue weighted by Crippen LogP contribution is -2.37. The zero-order chi connectivity index (χ0) is 29.7. The number of likely N-dealkylation sites (N-methyl/N-ethyl adjacent to an activating group) is 1. The van der Waals surface area contributed by atoms with E-state index in [1.807, 2.05) is 0 Å². The Morgan fingerprint density at radius 1 is 1.24 bits per heavy atom. The Morgan fingerprint density at radius 3 is 2.66 bits per heavy atom. The summed E-state index contributed by atoms with van der Waals surface area (Å²) in [5.74, 6) is -0.276. The molecule has 0 radical (unpaired) electrons. The Labute approximate surface area is 236 Å². The molecular formula is C28H32F3N5O4Si. The van der Waals surface area contributed by atoms with Gasteiger partial charge in [-0.25, -0.2) is 4.98 Å². The van der Waals surface area contributed by atoms with Gasteiger partial charge in [0.1, 0.15) is 35.4 Å². The van der Waals surface area contributed by atoms with E-state index in [-0.39, 0.29) is 55.8 Å². The summed E-state index contributed by atoms with van der Waals surface area (Å²) >= 11 is 0. The fourth-order valence-corrected chi connectivity index (χ4v) is 6.06. The maximum atomic E-state index is 14.2. The highest BCUT2D eigenvalue weighted by atomic mass is 28.3. The number of amides is 1. The van der Waals surface area contributed by atoms with Crippen LogP contribution in [0, 0.1) is 11.3 Å². The number of pyridine rings is 1. The number of alkyl halides is 3. The second kappa shape index (κ2) is 10.8. The quantitative estimate of drug-likeness (QED) is 0.299. The molecule has 2 N–H and O–H groups in total. The van der Waals surface area contributed by atoms with E-state index < -0.39 is 31.8 Å². The van der Waals surface area contributed by atoms with E-state index in [4.69, 9.17) is 19.9 Å². The van der Waals surface area contributed by atoms with Crippen molar-refractivity contribution in [1.29, 1.82) is 5.26 Å². The van der Waals surface area contributed by atoms with Crippen LogP contribution >= 0.6 is 0 Å². The molecule has 4 heterocycles. The minimum Gasteiger partial charge on any atom is -0.383 e. The molecule has 0 fully saturated rings. The number of nitriles is 1. The van der Waals surface area contributed by atoms with Gasteiger partial charge in [-0.3, -0.25) is 4.79 Å². The molecule has 2 aromatic heterocycles. The van der Waals surface area contributed by atoms with E-state index in [2.05, 4.69) is 30.7 Å². The largest absolute Gasteiger partial charge is 0.416 e. The van der Waals surface area contributed by atoms with Crippen LogP contribution in [0.1, 0.15) is 49.9 Å². The lowest BCUT2D eigenvalue weighted by molar-refractivity contribution is -0.137. The molecule has 1 atom stereocenters. The Kier molecular flexibility index (Phi) is 7.62. The van der Waals surface area contributed by atoms with Gasteiger partial charge < -0.3 is 29.4 Å². The number of hydrogen-bond acceptors (Lipinski definition) is 7. The van der Waals surface area contributed by atoms with Gasteiger partial charge in [-0.15, -0.1) is 0 Å². The first-order chi connectivity index (χ1) is 19.3. The maximum Gasteiger partial charge on any atom is 0.416 e. The molecule has 0 saturated carbocycles. The summed E-state index contributed by atoms with van der Waals surface area (Å²) < 4.78 is 59.0. The van der Waals surface area contributed by atoms with Crippen molar-refractivity contribution < 1.29 is 32.2 Å². The molecule has 2 aliphatic heterocycles. The van der Waals surface area contributed by atoms with Gasteiger partial charge in [0.2, 0.25) is 0 Å². The monoisotopic (exact) mass is 587 g/mol. The number of carbonyl (C=O) groups excluding carboxylic acids is 1. The first-order valence-corrected chi connectivity index (χ1v) is 17.0. The normalized spacial score (nSPS) is 16.9. The van der Waals surface area contributed by atoms with Crippen LogP contribution in [-0.4, -0.2) is 48.7 Å². The second-order valence-corrected chi connectivity index (χ2v) is 17.2. The van der Waals surface area contributed by atoms with Crippen LogP contribution in [-0.2, 0) is 46.9 Å². The van der Waals surface area contributed by atoms with Crippen molar-refractivity contribution in [1.82, 2.24) is 14.5 Å². The number of rotatable bonds is 7. The molecule has 1 aromatic carbocycles.